The van der Waals surface area contributed by atoms with Gasteiger partial charge in [0.05, 0.1) is 11.3 Å². The molecule has 0 aliphatic carbocycles. The first-order valence-corrected chi connectivity index (χ1v) is 7.39. The Bertz CT molecular complexity index is 769. The summed E-state index contributed by atoms with van der Waals surface area (Å²) in [4.78, 5) is 35.4. The number of carboxylic acid groups (broad SMARTS) is 1. The molecule has 0 aliphatic heterocycles. The van der Waals surface area contributed by atoms with Crippen molar-refractivity contribution in [3.05, 3.63) is 65.2 Å². The van der Waals surface area contributed by atoms with E-state index in [4.69, 9.17) is 5.11 Å². The van der Waals surface area contributed by atoms with Gasteiger partial charge < -0.3 is 15.7 Å². The van der Waals surface area contributed by atoms with Gasteiger partial charge in [0.2, 0.25) is 0 Å². The summed E-state index contributed by atoms with van der Waals surface area (Å²) in [6.07, 6.45) is 0. The maximum Gasteiger partial charge on any atom is 0.325 e. The molecule has 0 spiro atoms. The number of benzene rings is 2. The summed E-state index contributed by atoms with van der Waals surface area (Å²) < 4.78 is 0. The van der Waals surface area contributed by atoms with E-state index < -0.39 is 17.9 Å². The minimum Gasteiger partial charge on any atom is -0.480 e. The van der Waals surface area contributed by atoms with Crippen molar-refractivity contribution in [2.45, 2.75) is 19.9 Å². The standard InChI is InChI=1S/C18H18N2O4/c1-11-7-9-13(10-8-11)16(21)20-15-6-4-3-5-14(15)17(22)19-12(2)18(23)24/h3-10,12H,1-2H3,(H,19,22)(H,20,21)(H,23,24). The summed E-state index contributed by atoms with van der Waals surface area (Å²) in [5.41, 5.74) is 2.02. The number of carboxylic acids is 1. The van der Waals surface area contributed by atoms with Gasteiger partial charge >= 0.3 is 5.97 Å². The highest BCUT2D eigenvalue weighted by molar-refractivity contribution is 6.09. The molecule has 2 aromatic rings. The van der Waals surface area contributed by atoms with Gasteiger partial charge in [-0.05, 0) is 38.1 Å². The fraction of sp³-hybridized carbons (Fsp3) is 0.167. The summed E-state index contributed by atoms with van der Waals surface area (Å²) in [7, 11) is 0. The number of hydrogen-bond donors (Lipinski definition) is 3. The van der Waals surface area contributed by atoms with Gasteiger partial charge in [-0.25, -0.2) is 0 Å². The molecule has 0 radical (unpaired) electrons. The third-order valence-electron chi connectivity index (χ3n) is 3.45. The Hall–Kier alpha value is -3.15. The predicted molar refractivity (Wildman–Crippen MR) is 90.1 cm³/mol. The molecule has 0 fully saturated rings. The molecule has 1 atom stereocenters. The lowest BCUT2D eigenvalue weighted by molar-refractivity contribution is -0.138. The van der Waals surface area contributed by atoms with Crippen LogP contribution in [0.3, 0.4) is 0 Å². The number of anilines is 1. The Balaban J connectivity index is 2.19. The number of nitrogens with one attached hydrogen (secondary N) is 2. The van der Waals surface area contributed by atoms with Crippen LogP contribution in [0.5, 0.6) is 0 Å². The van der Waals surface area contributed by atoms with Gasteiger partial charge in [0.1, 0.15) is 6.04 Å². The summed E-state index contributed by atoms with van der Waals surface area (Å²) >= 11 is 0. The van der Waals surface area contributed by atoms with Crippen LogP contribution < -0.4 is 10.6 Å². The van der Waals surface area contributed by atoms with Crippen molar-refractivity contribution in [2.24, 2.45) is 0 Å². The third kappa shape index (κ3) is 4.19. The Labute approximate surface area is 139 Å². The first-order valence-electron chi connectivity index (χ1n) is 7.39. The van der Waals surface area contributed by atoms with E-state index in [1.54, 1.807) is 30.3 Å². The molecule has 3 N–H and O–H groups in total. The van der Waals surface area contributed by atoms with E-state index >= 15 is 0 Å². The normalized spacial score (nSPS) is 11.4. The van der Waals surface area contributed by atoms with Gasteiger partial charge in [-0.3, -0.25) is 14.4 Å². The number of carbonyl (C=O) groups excluding carboxylic acids is 2. The van der Waals surface area contributed by atoms with Crippen molar-refractivity contribution in [3.8, 4) is 0 Å². The van der Waals surface area contributed by atoms with Gasteiger partial charge in [-0.2, -0.15) is 0 Å². The second-order valence-electron chi connectivity index (χ2n) is 5.40. The molecule has 0 saturated carbocycles. The molecule has 124 valence electrons. The molecule has 2 amide bonds. The Morgan fingerprint density at radius 3 is 2.21 bits per heavy atom. The molecule has 6 nitrogen and oxygen atoms in total. The lowest BCUT2D eigenvalue weighted by Crippen LogP contribution is -2.38. The highest BCUT2D eigenvalue weighted by atomic mass is 16.4. The van der Waals surface area contributed by atoms with Gasteiger partial charge in [0, 0.05) is 5.56 Å². The monoisotopic (exact) mass is 326 g/mol. The SMILES string of the molecule is Cc1ccc(C(=O)Nc2ccccc2C(=O)NC(C)C(=O)O)cc1. The zero-order chi connectivity index (χ0) is 17.7. The first kappa shape index (κ1) is 17.2. The lowest BCUT2D eigenvalue weighted by atomic mass is 10.1. The van der Waals surface area contributed by atoms with Crippen LogP contribution in [0, 0.1) is 6.92 Å². The van der Waals surface area contributed by atoms with E-state index in [9.17, 15) is 14.4 Å². The number of aliphatic carboxylic acids is 1. The van der Waals surface area contributed by atoms with E-state index in [-0.39, 0.29) is 11.5 Å². The van der Waals surface area contributed by atoms with Crippen molar-refractivity contribution in [3.63, 3.8) is 0 Å². The van der Waals surface area contributed by atoms with E-state index in [2.05, 4.69) is 10.6 Å². The quantitative estimate of drug-likeness (QED) is 0.786. The van der Waals surface area contributed by atoms with Crippen molar-refractivity contribution < 1.29 is 19.5 Å². The van der Waals surface area contributed by atoms with Crippen LogP contribution in [0.25, 0.3) is 0 Å². The van der Waals surface area contributed by atoms with Crippen LogP contribution in [-0.2, 0) is 4.79 Å². The molecule has 0 aromatic heterocycles. The van der Waals surface area contributed by atoms with E-state index in [1.807, 2.05) is 19.1 Å². The van der Waals surface area contributed by atoms with Crippen molar-refractivity contribution in [2.75, 3.05) is 5.32 Å². The molecule has 0 saturated heterocycles. The van der Waals surface area contributed by atoms with Crippen LogP contribution in [0.15, 0.2) is 48.5 Å². The predicted octanol–water partition coefficient (Wildman–Crippen LogP) is 2.45. The second-order valence-corrected chi connectivity index (χ2v) is 5.40. The maximum absolute atomic E-state index is 12.3. The van der Waals surface area contributed by atoms with Crippen LogP contribution >= 0.6 is 0 Å². The third-order valence-corrected chi connectivity index (χ3v) is 3.45. The lowest BCUT2D eigenvalue weighted by Gasteiger charge is -2.13. The molecule has 2 aromatic carbocycles. The first-order chi connectivity index (χ1) is 11.4. The Morgan fingerprint density at radius 2 is 1.58 bits per heavy atom. The highest BCUT2D eigenvalue weighted by Gasteiger charge is 2.18. The summed E-state index contributed by atoms with van der Waals surface area (Å²) in [6, 6.07) is 12.4. The number of amides is 2. The molecule has 6 heteroatoms. The van der Waals surface area contributed by atoms with Gasteiger partial charge in [-0.15, -0.1) is 0 Å². The summed E-state index contributed by atoms with van der Waals surface area (Å²) in [6.45, 7) is 3.29. The molecular weight excluding hydrogens is 308 g/mol. The number of rotatable bonds is 5. The summed E-state index contributed by atoms with van der Waals surface area (Å²) in [5.74, 6) is -2.05. The smallest absolute Gasteiger partial charge is 0.325 e. The van der Waals surface area contributed by atoms with Crippen LogP contribution in [0.4, 0.5) is 5.69 Å². The zero-order valence-corrected chi connectivity index (χ0v) is 13.4. The number of carbonyl (C=O) groups is 3. The molecule has 0 aliphatic rings. The Kier molecular flexibility index (Phi) is 5.31. The number of aryl methyl sites for hydroxylation is 1. The summed E-state index contributed by atoms with van der Waals surface area (Å²) in [5, 5.41) is 13.9. The van der Waals surface area contributed by atoms with Gasteiger partial charge in [-0.1, -0.05) is 29.8 Å². The maximum atomic E-state index is 12.3. The van der Waals surface area contributed by atoms with E-state index in [1.165, 1.54) is 13.0 Å². The van der Waals surface area contributed by atoms with Crippen LogP contribution in [0.2, 0.25) is 0 Å². The second kappa shape index (κ2) is 7.41. The largest absolute Gasteiger partial charge is 0.480 e. The number of hydrogen-bond acceptors (Lipinski definition) is 3. The average molecular weight is 326 g/mol. The van der Waals surface area contributed by atoms with Gasteiger partial charge in [0.15, 0.2) is 0 Å². The van der Waals surface area contributed by atoms with E-state index in [0.717, 1.165) is 5.56 Å². The minimum atomic E-state index is -1.13. The molecule has 2 rings (SSSR count). The fourth-order valence-electron chi connectivity index (χ4n) is 2.03. The van der Waals surface area contributed by atoms with E-state index in [0.29, 0.717) is 11.3 Å². The minimum absolute atomic E-state index is 0.200. The number of para-hydroxylation sites is 1. The van der Waals surface area contributed by atoms with Crippen molar-refractivity contribution in [1.29, 1.82) is 0 Å². The molecular formula is C18H18N2O4. The molecule has 0 heterocycles. The zero-order valence-electron chi connectivity index (χ0n) is 13.4. The van der Waals surface area contributed by atoms with Crippen LogP contribution in [0.1, 0.15) is 33.2 Å². The Morgan fingerprint density at radius 1 is 0.958 bits per heavy atom. The molecule has 0 bridgehead atoms. The van der Waals surface area contributed by atoms with Crippen LogP contribution in [-0.4, -0.2) is 28.9 Å². The molecule has 1 unspecified atom stereocenters. The highest BCUT2D eigenvalue weighted by Crippen LogP contribution is 2.16. The van der Waals surface area contributed by atoms with Crippen molar-refractivity contribution in [1.82, 2.24) is 5.32 Å². The van der Waals surface area contributed by atoms with Crippen molar-refractivity contribution >= 4 is 23.5 Å². The topological polar surface area (TPSA) is 95.5 Å². The average Bonchev–Trinajstić information content (AvgIpc) is 2.55. The fourth-order valence-corrected chi connectivity index (χ4v) is 2.03. The van der Waals surface area contributed by atoms with Gasteiger partial charge in [0.25, 0.3) is 11.8 Å². The molecule has 24 heavy (non-hydrogen) atoms.